The van der Waals surface area contributed by atoms with Gasteiger partial charge in [-0.1, -0.05) is 19.3 Å². The fourth-order valence-electron chi connectivity index (χ4n) is 2.35. The Labute approximate surface area is 114 Å². The molecule has 0 aromatic heterocycles. The lowest BCUT2D eigenvalue weighted by Gasteiger charge is -2.22. The van der Waals surface area contributed by atoms with Crippen LogP contribution in [0.4, 0.5) is 0 Å². The van der Waals surface area contributed by atoms with Crippen molar-refractivity contribution in [2.75, 3.05) is 19.0 Å². The molecule has 0 bridgehead atoms. The third kappa shape index (κ3) is 5.88. The summed E-state index contributed by atoms with van der Waals surface area (Å²) in [6, 6.07) is -0.494. The summed E-state index contributed by atoms with van der Waals surface area (Å²) in [4.78, 5) is 11.2. The van der Waals surface area contributed by atoms with Gasteiger partial charge in [0.15, 0.2) is 0 Å². The van der Waals surface area contributed by atoms with Gasteiger partial charge in [-0.2, -0.15) is 0 Å². The maximum atomic E-state index is 11.9. The first-order chi connectivity index (χ1) is 8.96. The molecule has 0 radical (unpaired) electrons. The minimum atomic E-state index is -3.47. The van der Waals surface area contributed by atoms with Gasteiger partial charge < -0.3 is 9.84 Å². The molecule has 0 aliphatic heterocycles. The Bertz CT molecular complexity index is 382. The van der Waals surface area contributed by atoms with Crippen molar-refractivity contribution < 1.29 is 23.1 Å². The van der Waals surface area contributed by atoms with Crippen LogP contribution in [0.5, 0.6) is 0 Å². The van der Waals surface area contributed by atoms with Crippen LogP contribution in [0.15, 0.2) is 0 Å². The maximum Gasteiger partial charge on any atom is 0.308 e. The zero-order valence-electron chi connectivity index (χ0n) is 11.3. The molecule has 1 fully saturated rings. The lowest BCUT2D eigenvalue weighted by Crippen LogP contribution is -2.44. The van der Waals surface area contributed by atoms with Crippen molar-refractivity contribution in [2.24, 2.45) is 5.92 Å². The first-order valence-corrected chi connectivity index (χ1v) is 8.42. The average molecular weight is 293 g/mol. The van der Waals surface area contributed by atoms with E-state index < -0.39 is 28.0 Å². The van der Waals surface area contributed by atoms with Crippen molar-refractivity contribution in [1.82, 2.24) is 4.72 Å². The molecule has 6 nitrogen and oxygen atoms in total. The lowest BCUT2D eigenvalue weighted by atomic mass is 9.96. The Morgan fingerprint density at radius 3 is 2.63 bits per heavy atom. The third-order valence-corrected chi connectivity index (χ3v) is 4.73. The number of aliphatic carboxylic acids is 1. The highest BCUT2D eigenvalue weighted by Crippen LogP contribution is 2.24. The van der Waals surface area contributed by atoms with E-state index in [1.54, 1.807) is 6.92 Å². The van der Waals surface area contributed by atoms with E-state index in [-0.39, 0.29) is 12.4 Å². The number of hydrogen-bond donors (Lipinski definition) is 2. The highest BCUT2D eigenvalue weighted by molar-refractivity contribution is 7.89. The topological polar surface area (TPSA) is 92.7 Å². The highest BCUT2D eigenvalue weighted by atomic mass is 32.2. The molecule has 0 aromatic rings. The van der Waals surface area contributed by atoms with Gasteiger partial charge >= 0.3 is 5.97 Å². The van der Waals surface area contributed by atoms with Crippen molar-refractivity contribution in [3.8, 4) is 0 Å². The number of sulfonamides is 1. The molecule has 1 saturated carbocycles. The molecule has 1 aliphatic carbocycles. The van der Waals surface area contributed by atoms with E-state index in [1.807, 2.05) is 0 Å². The SMILES string of the molecule is CCOCCS(=O)(=O)NC1CCCCCC1C(=O)O. The molecule has 19 heavy (non-hydrogen) atoms. The average Bonchev–Trinajstić information content (AvgIpc) is 2.54. The number of nitrogens with one attached hydrogen (secondary N) is 1. The standard InChI is InChI=1S/C12H23NO5S/c1-2-18-8-9-19(16,17)13-11-7-5-3-4-6-10(11)12(14)15/h10-11,13H,2-9H2,1H3,(H,14,15). The minimum absolute atomic E-state index is 0.121. The number of rotatable bonds is 7. The second-order valence-corrected chi connectivity index (χ2v) is 6.70. The maximum absolute atomic E-state index is 11.9. The second-order valence-electron chi connectivity index (χ2n) is 4.82. The lowest BCUT2D eigenvalue weighted by molar-refractivity contribution is -0.142. The number of carboxylic acid groups (broad SMARTS) is 1. The summed E-state index contributed by atoms with van der Waals surface area (Å²) in [5.41, 5.74) is 0. The monoisotopic (exact) mass is 293 g/mol. The second kappa shape index (κ2) is 7.81. The first kappa shape index (κ1) is 16.4. The fraction of sp³-hybridized carbons (Fsp3) is 0.917. The van der Waals surface area contributed by atoms with Crippen molar-refractivity contribution >= 4 is 16.0 Å². The molecule has 0 aromatic carbocycles. The van der Waals surface area contributed by atoms with Crippen LogP contribution in [-0.4, -0.2) is 44.5 Å². The van der Waals surface area contributed by atoms with Gasteiger partial charge in [0.25, 0.3) is 0 Å². The molecule has 0 saturated heterocycles. The van der Waals surface area contributed by atoms with E-state index in [2.05, 4.69) is 4.72 Å². The predicted octanol–water partition coefficient (Wildman–Crippen LogP) is 0.976. The van der Waals surface area contributed by atoms with E-state index in [4.69, 9.17) is 4.74 Å². The molecule has 0 spiro atoms. The van der Waals surface area contributed by atoms with Gasteiger partial charge in [0.1, 0.15) is 0 Å². The number of carboxylic acids is 1. The molecule has 0 heterocycles. The van der Waals surface area contributed by atoms with Crippen LogP contribution < -0.4 is 4.72 Å². The Kier molecular flexibility index (Phi) is 6.74. The quantitative estimate of drug-likeness (QED) is 0.539. The summed E-state index contributed by atoms with van der Waals surface area (Å²) in [7, 11) is -3.47. The fourth-order valence-corrected chi connectivity index (χ4v) is 3.55. The van der Waals surface area contributed by atoms with Crippen molar-refractivity contribution in [3.05, 3.63) is 0 Å². The van der Waals surface area contributed by atoms with E-state index in [0.29, 0.717) is 19.4 Å². The summed E-state index contributed by atoms with van der Waals surface area (Å²) >= 11 is 0. The van der Waals surface area contributed by atoms with Crippen LogP contribution in [0.2, 0.25) is 0 Å². The molecular weight excluding hydrogens is 270 g/mol. The van der Waals surface area contributed by atoms with Gasteiger partial charge in [-0.3, -0.25) is 4.79 Å². The Balaban J connectivity index is 2.62. The molecular formula is C12H23NO5S. The molecule has 0 amide bonds. The largest absolute Gasteiger partial charge is 0.481 e. The molecule has 1 aliphatic rings. The normalized spacial score (nSPS) is 24.9. The molecule has 2 atom stereocenters. The van der Waals surface area contributed by atoms with Crippen molar-refractivity contribution in [3.63, 3.8) is 0 Å². The smallest absolute Gasteiger partial charge is 0.308 e. The Hall–Kier alpha value is -0.660. The molecule has 1 rings (SSSR count). The first-order valence-electron chi connectivity index (χ1n) is 6.77. The van der Waals surface area contributed by atoms with Gasteiger partial charge in [0.05, 0.1) is 18.3 Å². The summed E-state index contributed by atoms with van der Waals surface area (Å²) in [5, 5.41) is 9.19. The van der Waals surface area contributed by atoms with Crippen LogP contribution >= 0.6 is 0 Å². The van der Waals surface area contributed by atoms with Crippen LogP contribution in [0.3, 0.4) is 0 Å². The van der Waals surface area contributed by atoms with Crippen LogP contribution in [0.1, 0.15) is 39.0 Å². The summed E-state index contributed by atoms with van der Waals surface area (Å²) in [6.07, 6.45) is 3.79. The zero-order chi connectivity index (χ0) is 14.3. The molecule has 112 valence electrons. The van der Waals surface area contributed by atoms with Crippen molar-refractivity contribution in [2.45, 2.75) is 45.1 Å². The van der Waals surface area contributed by atoms with E-state index in [9.17, 15) is 18.3 Å². The third-order valence-electron chi connectivity index (χ3n) is 3.36. The van der Waals surface area contributed by atoms with E-state index >= 15 is 0 Å². The molecule has 7 heteroatoms. The van der Waals surface area contributed by atoms with Gasteiger partial charge in [-0.15, -0.1) is 0 Å². The molecule has 2 unspecified atom stereocenters. The van der Waals surface area contributed by atoms with Gasteiger partial charge in [-0.25, -0.2) is 13.1 Å². The summed E-state index contributed by atoms with van der Waals surface area (Å²) in [5.74, 6) is -1.66. The van der Waals surface area contributed by atoms with Gasteiger partial charge in [0.2, 0.25) is 10.0 Å². The minimum Gasteiger partial charge on any atom is -0.481 e. The Morgan fingerprint density at radius 2 is 2.00 bits per heavy atom. The van der Waals surface area contributed by atoms with Crippen molar-refractivity contribution in [1.29, 1.82) is 0 Å². The number of ether oxygens (including phenoxy) is 1. The highest BCUT2D eigenvalue weighted by Gasteiger charge is 2.32. The zero-order valence-corrected chi connectivity index (χ0v) is 12.1. The summed E-state index contributed by atoms with van der Waals surface area (Å²) in [6.45, 7) is 2.40. The van der Waals surface area contributed by atoms with Gasteiger partial charge in [0, 0.05) is 12.6 Å². The van der Waals surface area contributed by atoms with Crippen LogP contribution in [0.25, 0.3) is 0 Å². The molecule has 2 N–H and O–H groups in total. The van der Waals surface area contributed by atoms with E-state index in [0.717, 1.165) is 19.3 Å². The summed E-state index contributed by atoms with van der Waals surface area (Å²) < 4.78 is 31.3. The van der Waals surface area contributed by atoms with Crippen LogP contribution in [0, 0.1) is 5.92 Å². The number of hydrogen-bond acceptors (Lipinski definition) is 4. The number of carbonyl (C=O) groups is 1. The van der Waals surface area contributed by atoms with Crippen LogP contribution in [-0.2, 0) is 19.6 Å². The Morgan fingerprint density at radius 1 is 1.32 bits per heavy atom. The van der Waals surface area contributed by atoms with Gasteiger partial charge in [-0.05, 0) is 19.8 Å². The van der Waals surface area contributed by atoms with E-state index in [1.165, 1.54) is 0 Å². The predicted molar refractivity (Wildman–Crippen MR) is 71.4 cm³/mol.